The van der Waals surface area contributed by atoms with Crippen molar-refractivity contribution in [1.82, 2.24) is 9.97 Å². The monoisotopic (exact) mass is 276 g/mol. The van der Waals surface area contributed by atoms with Crippen LogP contribution in [-0.4, -0.2) is 24.1 Å². The molecule has 0 radical (unpaired) electrons. The van der Waals surface area contributed by atoms with Crippen molar-refractivity contribution in [3.8, 4) is 0 Å². The molecule has 1 heterocycles. The van der Waals surface area contributed by atoms with Gasteiger partial charge in [-0.2, -0.15) is 0 Å². The quantitative estimate of drug-likeness (QED) is 0.879. The normalized spacial score (nSPS) is 10.4. The molecule has 0 aliphatic carbocycles. The van der Waals surface area contributed by atoms with Crippen molar-refractivity contribution < 1.29 is 9.13 Å². The van der Waals surface area contributed by atoms with Crippen LogP contribution in [0, 0.1) is 12.7 Å². The summed E-state index contributed by atoms with van der Waals surface area (Å²) >= 11 is 0. The summed E-state index contributed by atoms with van der Waals surface area (Å²) in [7, 11) is 3.33. The number of halogens is 1. The number of anilines is 3. The lowest BCUT2D eigenvalue weighted by Gasteiger charge is -2.12. The maximum absolute atomic E-state index is 13.8. The molecule has 2 N–H and O–H groups in total. The van der Waals surface area contributed by atoms with Crippen molar-refractivity contribution in [2.45, 2.75) is 13.5 Å². The van der Waals surface area contributed by atoms with E-state index in [1.807, 2.05) is 13.0 Å². The summed E-state index contributed by atoms with van der Waals surface area (Å²) in [6.45, 7) is 2.13. The minimum absolute atomic E-state index is 0.292. The summed E-state index contributed by atoms with van der Waals surface area (Å²) in [4.78, 5) is 8.54. The number of nitrogens with one attached hydrogen (secondary N) is 2. The van der Waals surface area contributed by atoms with Gasteiger partial charge in [0.15, 0.2) is 5.82 Å². The summed E-state index contributed by atoms with van der Waals surface area (Å²) < 4.78 is 18.8. The number of hydrogen-bond acceptors (Lipinski definition) is 5. The number of hydrogen-bond donors (Lipinski definition) is 2. The molecule has 20 heavy (non-hydrogen) atoms. The van der Waals surface area contributed by atoms with E-state index >= 15 is 0 Å². The lowest BCUT2D eigenvalue weighted by molar-refractivity contribution is 0.178. The van der Waals surface area contributed by atoms with E-state index in [0.717, 1.165) is 5.56 Å². The van der Waals surface area contributed by atoms with Gasteiger partial charge in [-0.1, -0.05) is 12.1 Å². The van der Waals surface area contributed by atoms with E-state index in [4.69, 9.17) is 4.74 Å². The smallest absolute Gasteiger partial charge is 0.158 e. The van der Waals surface area contributed by atoms with Crippen LogP contribution >= 0.6 is 0 Å². The first-order chi connectivity index (χ1) is 9.63. The van der Waals surface area contributed by atoms with Gasteiger partial charge in [-0.3, -0.25) is 0 Å². The number of methoxy groups -OCH3 is 1. The third-order valence-electron chi connectivity index (χ3n) is 2.78. The topological polar surface area (TPSA) is 59.1 Å². The first kappa shape index (κ1) is 14.2. The molecule has 2 aromatic rings. The number of ether oxygens (including phenoxy) is 1. The van der Waals surface area contributed by atoms with Crippen molar-refractivity contribution in [2.75, 3.05) is 24.8 Å². The predicted octanol–water partition coefficient (Wildman–Crippen LogP) is 2.86. The summed E-state index contributed by atoms with van der Waals surface area (Å²) in [5.74, 6) is 1.37. The number of rotatable bonds is 5. The number of nitrogens with zero attached hydrogens (tertiary/aromatic N) is 2. The fraction of sp³-hybridized carbons (Fsp3) is 0.286. The number of aromatic nitrogens is 2. The number of aryl methyl sites for hydroxylation is 1. The van der Waals surface area contributed by atoms with Crippen LogP contribution < -0.4 is 10.6 Å². The Morgan fingerprint density at radius 1 is 1.25 bits per heavy atom. The van der Waals surface area contributed by atoms with E-state index in [2.05, 4.69) is 20.6 Å². The van der Waals surface area contributed by atoms with Crippen molar-refractivity contribution in [3.63, 3.8) is 0 Å². The number of benzene rings is 1. The molecule has 106 valence electrons. The highest BCUT2D eigenvalue weighted by molar-refractivity contribution is 5.63. The van der Waals surface area contributed by atoms with Gasteiger partial charge in [-0.15, -0.1) is 0 Å². The van der Waals surface area contributed by atoms with Crippen LogP contribution in [0.25, 0.3) is 0 Å². The van der Waals surface area contributed by atoms with Crippen LogP contribution in [0.5, 0.6) is 0 Å². The molecule has 1 aromatic heterocycles. The fourth-order valence-corrected chi connectivity index (χ4v) is 1.80. The maximum atomic E-state index is 13.8. The molecule has 0 spiro atoms. The van der Waals surface area contributed by atoms with Gasteiger partial charge in [0, 0.05) is 20.2 Å². The Kier molecular flexibility index (Phi) is 4.47. The molecule has 1 aromatic carbocycles. The summed E-state index contributed by atoms with van der Waals surface area (Å²) in [6, 6.07) is 6.63. The van der Waals surface area contributed by atoms with Crippen molar-refractivity contribution >= 4 is 17.3 Å². The minimum atomic E-state index is -0.317. The zero-order valence-electron chi connectivity index (χ0n) is 11.7. The van der Waals surface area contributed by atoms with Gasteiger partial charge in [-0.25, -0.2) is 14.4 Å². The highest BCUT2D eigenvalue weighted by Crippen LogP contribution is 2.23. The van der Waals surface area contributed by atoms with Crippen molar-refractivity contribution in [2.24, 2.45) is 0 Å². The second-order valence-corrected chi connectivity index (χ2v) is 4.29. The Balaban J connectivity index is 2.35. The molecule has 0 bridgehead atoms. The first-order valence-electron chi connectivity index (χ1n) is 6.21. The molecule has 5 nitrogen and oxygen atoms in total. The van der Waals surface area contributed by atoms with Crippen LogP contribution in [-0.2, 0) is 11.3 Å². The fourth-order valence-electron chi connectivity index (χ4n) is 1.80. The Morgan fingerprint density at radius 2 is 2.00 bits per heavy atom. The van der Waals surface area contributed by atoms with Crippen molar-refractivity contribution in [3.05, 3.63) is 41.5 Å². The first-order valence-corrected chi connectivity index (χ1v) is 6.21. The lowest BCUT2D eigenvalue weighted by Crippen LogP contribution is -2.06. The predicted molar refractivity (Wildman–Crippen MR) is 76.7 cm³/mol. The van der Waals surface area contributed by atoms with Gasteiger partial charge in [-0.05, 0) is 18.6 Å². The van der Waals surface area contributed by atoms with Gasteiger partial charge in [0.2, 0.25) is 0 Å². The standard InChI is InChI=1S/C14H17FN4O/c1-9-5-4-6-10(15)14(9)19-12-7-11(16-2)17-13(18-12)8-20-3/h4-7H,8H2,1-3H3,(H2,16,17,18,19). The molecule has 0 fully saturated rings. The molecule has 0 atom stereocenters. The van der Waals surface area contributed by atoms with Gasteiger partial charge in [0.25, 0.3) is 0 Å². The molecule has 0 saturated carbocycles. The highest BCUT2D eigenvalue weighted by Gasteiger charge is 2.09. The third-order valence-corrected chi connectivity index (χ3v) is 2.78. The molecule has 2 rings (SSSR count). The maximum Gasteiger partial charge on any atom is 0.158 e. The van der Waals surface area contributed by atoms with Gasteiger partial charge in [0.05, 0.1) is 5.69 Å². The molecule has 0 saturated heterocycles. The Hall–Kier alpha value is -2.21. The second kappa shape index (κ2) is 6.29. The SMILES string of the molecule is CNc1cc(Nc2c(C)cccc2F)nc(COC)n1. The second-order valence-electron chi connectivity index (χ2n) is 4.29. The molecule has 0 aliphatic heterocycles. The minimum Gasteiger partial charge on any atom is -0.377 e. The average Bonchev–Trinajstić information content (AvgIpc) is 2.43. The van der Waals surface area contributed by atoms with Gasteiger partial charge in [0.1, 0.15) is 24.1 Å². The summed E-state index contributed by atoms with van der Waals surface area (Å²) in [5.41, 5.74) is 1.22. The molecule has 0 amide bonds. The Morgan fingerprint density at radius 3 is 2.65 bits per heavy atom. The lowest BCUT2D eigenvalue weighted by atomic mass is 10.2. The van der Waals surface area contributed by atoms with Crippen LogP contribution in [0.15, 0.2) is 24.3 Å². The van der Waals surface area contributed by atoms with Gasteiger partial charge < -0.3 is 15.4 Å². The van der Waals surface area contributed by atoms with Crippen LogP contribution in [0.2, 0.25) is 0 Å². The Bertz CT molecular complexity index is 583. The van der Waals surface area contributed by atoms with E-state index in [1.54, 1.807) is 26.3 Å². The molecule has 0 unspecified atom stereocenters. The van der Waals surface area contributed by atoms with Crippen molar-refractivity contribution in [1.29, 1.82) is 0 Å². The summed E-state index contributed by atoms with van der Waals surface area (Å²) in [6.07, 6.45) is 0. The molecular formula is C14H17FN4O. The van der Waals surface area contributed by atoms with Gasteiger partial charge >= 0.3 is 0 Å². The van der Waals surface area contributed by atoms with E-state index in [1.165, 1.54) is 6.07 Å². The van der Waals surface area contributed by atoms with Crippen LogP contribution in [0.1, 0.15) is 11.4 Å². The Labute approximate surface area is 117 Å². The van der Waals surface area contributed by atoms with Crippen LogP contribution in [0.4, 0.5) is 21.7 Å². The molecule has 0 aliphatic rings. The zero-order valence-corrected chi connectivity index (χ0v) is 11.7. The largest absolute Gasteiger partial charge is 0.377 e. The third kappa shape index (κ3) is 3.21. The van der Waals surface area contributed by atoms with Crippen LogP contribution in [0.3, 0.4) is 0 Å². The average molecular weight is 276 g/mol. The summed E-state index contributed by atoms with van der Waals surface area (Å²) in [5, 5.41) is 5.93. The van der Waals surface area contributed by atoms with E-state index in [0.29, 0.717) is 29.8 Å². The highest BCUT2D eigenvalue weighted by atomic mass is 19.1. The number of para-hydroxylation sites is 1. The van der Waals surface area contributed by atoms with E-state index < -0.39 is 0 Å². The molecular weight excluding hydrogens is 259 g/mol. The zero-order chi connectivity index (χ0) is 14.5. The molecule has 6 heteroatoms. The van der Waals surface area contributed by atoms with E-state index in [-0.39, 0.29) is 5.82 Å². The van der Waals surface area contributed by atoms with E-state index in [9.17, 15) is 4.39 Å².